The molecule has 0 saturated carbocycles. The molecule has 2 rings (SSSR count). The Morgan fingerprint density at radius 3 is 2.56 bits per heavy atom. The molecule has 0 atom stereocenters. The van der Waals surface area contributed by atoms with Crippen molar-refractivity contribution in [1.29, 1.82) is 0 Å². The SMILES string of the molecule is COc1ccccc1CCNC(=O)c1ccc(OCCOC(C)(C)C)nc1. The smallest absolute Gasteiger partial charge is 0.252 e. The maximum Gasteiger partial charge on any atom is 0.252 e. The first-order valence-corrected chi connectivity index (χ1v) is 9.02. The van der Waals surface area contributed by atoms with Gasteiger partial charge in [-0.3, -0.25) is 4.79 Å². The van der Waals surface area contributed by atoms with Crippen molar-refractivity contribution < 1.29 is 19.0 Å². The lowest BCUT2D eigenvalue weighted by Crippen LogP contribution is -2.26. The van der Waals surface area contributed by atoms with Gasteiger partial charge in [0.05, 0.1) is 24.9 Å². The standard InChI is InChI=1S/C21H28N2O4/c1-21(2,3)27-14-13-26-19-10-9-17(15-23-19)20(24)22-12-11-16-7-5-6-8-18(16)25-4/h5-10,15H,11-14H2,1-4H3,(H,22,24). The average molecular weight is 372 g/mol. The second-order valence-electron chi connectivity index (χ2n) is 7.01. The maximum absolute atomic E-state index is 12.2. The van der Waals surface area contributed by atoms with Crippen LogP contribution in [0.3, 0.4) is 0 Å². The molecule has 0 saturated heterocycles. The lowest BCUT2D eigenvalue weighted by molar-refractivity contribution is -0.0168. The minimum absolute atomic E-state index is 0.167. The fourth-order valence-corrected chi connectivity index (χ4v) is 2.42. The zero-order valence-corrected chi connectivity index (χ0v) is 16.5. The lowest BCUT2D eigenvalue weighted by atomic mass is 10.1. The molecule has 0 fully saturated rings. The number of methoxy groups -OCH3 is 1. The Morgan fingerprint density at radius 1 is 1.11 bits per heavy atom. The van der Waals surface area contributed by atoms with E-state index in [0.717, 1.165) is 11.3 Å². The fourth-order valence-electron chi connectivity index (χ4n) is 2.42. The van der Waals surface area contributed by atoms with Crippen molar-refractivity contribution in [3.63, 3.8) is 0 Å². The van der Waals surface area contributed by atoms with Crippen LogP contribution >= 0.6 is 0 Å². The molecule has 0 spiro atoms. The number of nitrogens with one attached hydrogen (secondary N) is 1. The Balaban J connectivity index is 1.76. The van der Waals surface area contributed by atoms with Gasteiger partial charge in [-0.15, -0.1) is 0 Å². The first-order valence-electron chi connectivity index (χ1n) is 9.02. The van der Waals surface area contributed by atoms with Gasteiger partial charge in [-0.1, -0.05) is 18.2 Å². The van der Waals surface area contributed by atoms with E-state index in [-0.39, 0.29) is 11.5 Å². The maximum atomic E-state index is 12.2. The van der Waals surface area contributed by atoms with Crippen LogP contribution in [0.1, 0.15) is 36.7 Å². The van der Waals surface area contributed by atoms with Gasteiger partial charge in [0.2, 0.25) is 5.88 Å². The third-order valence-corrected chi connectivity index (χ3v) is 3.74. The highest BCUT2D eigenvalue weighted by Gasteiger charge is 2.10. The van der Waals surface area contributed by atoms with Crippen molar-refractivity contribution in [3.8, 4) is 11.6 Å². The topological polar surface area (TPSA) is 69.7 Å². The molecular formula is C21H28N2O4. The Bertz CT molecular complexity index is 724. The summed E-state index contributed by atoms with van der Waals surface area (Å²) in [7, 11) is 1.64. The molecule has 0 unspecified atom stereocenters. The minimum Gasteiger partial charge on any atom is -0.496 e. The molecular weight excluding hydrogens is 344 g/mol. The van der Waals surface area contributed by atoms with Crippen LogP contribution in [0, 0.1) is 0 Å². The van der Waals surface area contributed by atoms with Crippen molar-refractivity contribution in [2.45, 2.75) is 32.8 Å². The molecule has 1 N–H and O–H groups in total. The summed E-state index contributed by atoms with van der Waals surface area (Å²) in [6.07, 6.45) is 2.20. The van der Waals surface area contributed by atoms with E-state index >= 15 is 0 Å². The summed E-state index contributed by atoms with van der Waals surface area (Å²) in [6, 6.07) is 11.2. The van der Waals surface area contributed by atoms with E-state index in [0.29, 0.717) is 37.6 Å². The number of pyridine rings is 1. The molecule has 1 aromatic heterocycles. The number of amides is 1. The van der Waals surface area contributed by atoms with E-state index < -0.39 is 0 Å². The van der Waals surface area contributed by atoms with Crippen LogP contribution in [0.5, 0.6) is 11.6 Å². The molecule has 146 valence electrons. The number of carbonyl (C=O) groups excluding carboxylic acids is 1. The molecule has 0 bridgehead atoms. The zero-order chi connectivity index (χ0) is 19.7. The summed E-state index contributed by atoms with van der Waals surface area (Å²) >= 11 is 0. The number of ether oxygens (including phenoxy) is 3. The van der Waals surface area contributed by atoms with Gasteiger partial charge >= 0.3 is 0 Å². The van der Waals surface area contributed by atoms with Crippen LogP contribution in [0.25, 0.3) is 0 Å². The Hall–Kier alpha value is -2.60. The minimum atomic E-state index is -0.192. The molecule has 0 aliphatic carbocycles. The highest BCUT2D eigenvalue weighted by Crippen LogP contribution is 2.17. The Morgan fingerprint density at radius 2 is 1.89 bits per heavy atom. The van der Waals surface area contributed by atoms with Crippen LogP contribution in [0.15, 0.2) is 42.6 Å². The van der Waals surface area contributed by atoms with Gasteiger partial charge < -0.3 is 19.5 Å². The van der Waals surface area contributed by atoms with E-state index in [9.17, 15) is 4.79 Å². The van der Waals surface area contributed by atoms with Crippen molar-refractivity contribution >= 4 is 5.91 Å². The lowest BCUT2D eigenvalue weighted by Gasteiger charge is -2.19. The number of benzene rings is 1. The molecule has 1 aromatic carbocycles. The summed E-state index contributed by atoms with van der Waals surface area (Å²) in [4.78, 5) is 16.4. The fraction of sp³-hybridized carbons (Fsp3) is 0.429. The average Bonchev–Trinajstić information content (AvgIpc) is 2.65. The summed E-state index contributed by atoms with van der Waals surface area (Å²) in [5.41, 5.74) is 1.36. The van der Waals surface area contributed by atoms with E-state index in [1.165, 1.54) is 6.20 Å². The van der Waals surface area contributed by atoms with Gasteiger partial charge in [0.25, 0.3) is 5.91 Å². The summed E-state index contributed by atoms with van der Waals surface area (Å²) in [6.45, 7) is 7.39. The highest BCUT2D eigenvalue weighted by atomic mass is 16.5. The van der Waals surface area contributed by atoms with Crippen LogP contribution in [-0.4, -0.2) is 43.4 Å². The van der Waals surface area contributed by atoms with Gasteiger partial charge in [0, 0.05) is 18.8 Å². The first kappa shape index (κ1) is 20.7. The Kier molecular flexibility index (Phi) is 7.61. The van der Waals surface area contributed by atoms with Crippen LogP contribution in [-0.2, 0) is 11.2 Å². The van der Waals surface area contributed by atoms with Crippen molar-refractivity contribution in [1.82, 2.24) is 10.3 Å². The predicted octanol–water partition coefficient (Wildman–Crippen LogP) is 3.26. The van der Waals surface area contributed by atoms with Gasteiger partial charge in [-0.25, -0.2) is 4.98 Å². The zero-order valence-electron chi connectivity index (χ0n) is 16.5. The quantitative estimate of drug-likeness (QED) is 0.684. The van der Waals surface area contributed by atoms with Crippen molar-refractivity contribution in [2.24, 2.45) is 0 Å². The molecule has 1 heterocycles. The molecule has 6 nitrogen and oxygen atoms in total. The van der Waals surface area contributed by atoms with E-state index in [1.54, 1.807) is 19.2 Å². The molecule has 6 heteroatoms. The second kappa shape index (κ2) is 9.92. The number of aromatic nitrogens is 1. The molecule has 1 amide bonds. The van der Waals surface area contributed by atoms with Crippen LogP contribution in [0.2, 0.25) is 0 Å². The van der Waals surface area contributed by atoms with Gasteiger partial charge in [-0.05, 0) is 44.9 Å². The van der Waals surface area contributed by atoms with Crippen molar-refractivity contribution in [3.05, 3.63) is 53.7 Å². The molecule has 0 aliphatic rings. The van der Waals surface area contributed by atoms with Crippen LogP contribution in [0.4, 0.5) is 0 Å². The van der Waals surface area contributed by atoms with Gasteiger partial charge in [0.15, 0.2) is 0 Å². The number of para-hydroxylation sites is 1. The second-order valence-corrected chi connectivity index (χ2v) is 7.01. The monoisotopic (exact) mass is 372 g/mol. The number of nitrogens with zero attached hydrogens (tertiary/aromatic N) is 1. The largest absolute Gasteiger partial charge is 0.496 e. The van der Waals surface area contributed by atoms with E-state index in [2.05, 4.69) is 10.3 Å². The highest BCUT2D eigenvalue weighted by molar-refractivity contribution is 5.93. The summed E-state index contributed by atoms with van der Waals surface area (Å²) < 4.78 is 16.4. The Labute approximate surface area is 160 Å². The van der Waals surface area contributed by atoms with Crippen LogP contribution < -0.4 is 14.8 Å². The predicted molar refractivity (Wildman–Crippen MR) is 104 cm³/mol. The number of carbonyl (C=O) groups is 1. The molecule has 27 heavy (non-hydrogen) atoms. The third-order valence-electron chi connectivity index (χ3n) is 3.74. The van der Waals surface area contributed by atoms with Gasteiger partial charge in [-0.2, -0.15) is 0 Å². The van der Waals surface area contributed by atoms with Crippen molar-refractivity contribution in [2.75, 3.05) is 26.9 Å². The van der Waals surface area contributed by atoms with E-state index in [1.807, 2.05) is 45.0 Å². The third kappa shape index (κ3) is 7.27. The van der Waals surface area contributed by atoms with E-state index in [4.69, 9.17) is 14.2 Å². The normalized spacial score (nSPS) is 11.1. The number of hydrogen-bond acceptors (Lipinski definition) is 5. The van der Waals surface area contributed by atoms with Gasteiger partial charge in [0.1, 0.15) is 12.4 Å². The molecule has 2 aromatic rings. The molecule has 0 radical (unpaired) electrons. The first-order chi connectivity index (χ1) is 12.9. The number of rotatable bonds is 9. The number of hydrogen-bond donors (Lipinski definition) is 1. The molecule has 0 aliphatic heterocycles. The summed E-state index contributed by atoms with van der Waals surface area (Å²) in [5, 5.41) is 2.89. The summed E-state index contributed by atoms with van der Waals surface area (Å²) in [5.74, 6) is 1.13.